The van der Waals surface area contributed by atoms with E-state index in [2.05, 4.69) is 52.4 Å². The molecule has 1 saturated carbocycles. The molecule has 0 radical (unpaired) electrons. The van der Waals surface area contributed by atoms with Crippen LogP contribution in [0.2, 0.25) is 0 Å². The molecule has 0 saturated heterocycles. The molecule has 0 spiro atoms. The maximum atomic E-state index is 5.59. The Labute approximate surface area is 118 Å². The van der Waals surface area contributed by atoms with Gasteiger partial charge >= 0.3 is 0 Å². The minimum atomic E-state index is 0.364. The molecule has 1 aliphatic carbocycles. The van der Waals surface area contributed by atoms with Gasteiger partial charge in [-0.3, -0.25) is 0 Å². The van der Waals surface area contributed by atoms with Gasteiger partial charge in [-0.1, -0.05) is 40.9 Å². The van der Waals surface area contributed by atoms with Crippen LogP contribution in [-0.4, -0.2) is 19.3 Å². The molecule has 18 heavy (non-hydrogen) atoms. The summed E-state index contributed by atoms with van der Waals surface area (Å²) in [5.74, 6) is 0. The quantitative estimate of drug-likeness (QED) is 0.905. The van der Waals surface area contributed by atoms with E-state index in [0.717, 1.165) is 4.47 Å². The number of hydrogen-bond donors (Lipinski definition) is 1. The molecule has 1 aliphatic rings. The maximum Gasteiger partial charge on any atom is 0.0724 e. The first-order chi connectivity index (χ1) is 8.70. The van der Waals surface area contributed by atoms with Gasteiger partial charge in [-0.05, 0) is 37.5 Å². The topological polar surface area (TPSA) is 21.3 Å². The zero-order valence-corrected chi connectivity index (χ0v) is 12.7. The van der Waals surface area contributed by atoms with Gasteiger partial charge in [-0.25, -0.2) is 0 Å². The molecule has 0 aliphatic heterocycles. The fourth-order valence-corrected chi connectivity index (χ4v) is 3.18. The number of benzene rings is 1. The van der Waals surface area contributed by atoms with Crippen molar-refractivity contribution in [3.05, 3.63) is 34.3 Å². The van der Waals surface area contributed by atoms with Gasteiger partial charge in [0.15, 0.2) is 0 Å². The summed E-state index contributed by atoms with van der Waals surface area (Å²) in [4.78, 5) is 0. The highest BCUT2D eigenvalue weighted by atomic mass is 79.9. The third-order valence-corrected chi connectivity index (χ3v) is 4.31. The third kappa shape index (κ3) is 3.56. The lowest BCUT2D eigenvalue weighted by atomic mass is 9.91. The second-order valence-electron chi connectivity index (χ2n) is 5.11. The Hall–Kier alpha value is -0.380. The molecule has 1 aromatic carbocycles. The molecule has 1 N–H and O–H groups in total. The second kappa shape index (κ2) is 6.69. The van der Waals surface area contributed by atoms with Crippen molar-refractivity contribution in [3.63, 3.8) is 0 Å². The van der Waals surface area contributed by atoms with Crippen LogP contribution in [0.25, 0.3) is 0 Å². The van der Waals surface area contributed by atoms with E-state index >= 15 is 0 Å². The first kappa shape index (κ1) is 14.0. The highest BCUT2D eigenvalue weighted by molar-refractivity contribution is 9.10. The van der Waals surface area contributed by atoms with Crippen molar-refractivity contribution in [2.75, 3.05) is 7.11 Å². The van der Waals surface area contributed by atoms with Crippen LogP contribution >= 0.6 is 15.9 Å². The van der Waals surface area contributed by atoms with Crippen molar-refractivity contribution in [3.8, 4) is 0 Å². The van der Waals surface area contributed by atoms with Crippen molar-refractivity contribution >= 4 is 15.9 Å². The standard InChI is InChI=1S/C15H22BrNO/c1-11(12-6-5-7-13(16)10-12)17-14-8-3-4-9-15(14)18-2/h5-7,10-11,14-15,17H,3-4,8-9H2,1-2H3/t11-,14?,15?/m1/s1. The number of methoxy groups -OCH3 is 1. The first-order valence-corrected chi connectivity index (χ1v) is 7.54. The van der Waals surface area contributed by atoms with E-state index in [1.807, 2.05) is 7.11 Å². The lowest BCUT2D eigenvalue weighted by molar-refractivity contribution is 0.0384. The van der Waals surface area contributed by atoms with Crippen LogP contribution in [0.4, 0.5) is 0 Å². The number of nitrogens with one attached hydrogen (secondary N) is 1. The molecule has 3 atom stereocenters. The van der Waals surface area contributed by atoms with Gasteiger partial charge in [0.1, 0.15) is 0 Å². The van der Waals surface area contributed by atoms with Gasteiger partial charge in [0.05, 0.1) is 6.10 Å². The van der Waals surface area contributed by atoms with E-state index in [-0.39, 0.29) is 0 Å². The van der Waals surface area contributed by atoms with E-state index in [1.54, 1.807) is 0 Å². The lowest BCUT2D eigenvalue weighted by Gasteiger charge is -2.33. The smallest absolute Gasteiger partial charge is 0.0724 e. The van der Waals surface area contributed by atoms with Gasteiger partial charge in [0, 0.05) is 23.7 Å². The van der Waals surface area contributed by atoms with Crippen LogP contribution in [0.3, 0.4) is 0 Å². The second-order valence-corrected chi connectivity index (χ2v) is 6.02. The Morgan fingerprint density at radius 3 is 2.83 bits per heavy atom. The average molecular weight is 312 g/mol. The molecule has 2 unspecified atom stereocenters. The van der Waals surface area contributed by atoms with E-state index in [0.29, 0.717) is 18.2 Å². The van der Waals surface area contributed by atoms with E-state index in [4.69, 9.17) is 4.74 Å². The van der Waals surface area contributed by atoms with Gasteiger partial charge in [0.2, 0.25) is 0 Å². The predicted molar refractivity (Wildman–Crippen MR) is 78.7 cm³/mol. The van der Waals surface area contributed by atoms with E-state index in [1.165, 1.54) is 31.2 Å². The largest absolute Gasteiger partial charge is 0.380 e. The van der Waals surface area contributed by atoms with Crippen LogP contribution in [0.15, 0.2) is 28.7 Å². The summed E-state index contributed by atoms with van der Waals surface area (Å²) in [5, 5.41) is 3.72. The summed E-state index contributed by atoms with van der Waals surface area (Å²) in [5.41, 5.74) is 1.32. The van der Waals surface area contributed by atoms with Crippen LogP contribution < -0.4 is 5.32 Å². The predicted octanol–water partition coefficient (Wildman–Crippen LogP) is 4.06. The molecule has 1 fully saturated rings. The van der Waals surface area contributed by atoms with Crippen LogP contribution in [0.1, 0.15) is 44.2 Å². The molecule has 3 heteroatoms. The van der Waals surface area contributed by atoms with Gasteiger partial charge in [-0.2, -0.15) is 0 Å². The van der Waals surface area contributed by atoms with Gasteiger partial charge < -0.3 is 10.1 Å². The molecule has 100 valence electrons. The summed E-state index contributed by atoms with van der Waals surface area (Å²) in [6.07, 6.45) is 5.37. The highest BCUT2D eigenvalue weighted by Crippen LogP contribution is 2.24. The van der Waals surface area contributed by atoms with Gasteiger partial charge in [-0.15, -0.1) is 0 Å². The van der Waals surface area contributed by atoms with Crippen molar-refractivity contribution in [2.24, 2.45) is 0 Å². The number of hydrogen-bond acceptors (Lipinski definition) is 2. The molecule has 0 amide bonds. The van der Waals surface area contributed by atoms with Crippen molar-refractivity contribution in [1.29, 1.82) is 0 Å². The Bertz CT molecular complexity index is 383. The zero-order chi connectivity index (χ0) is 13.0. The Morgan fingerprint density at radius 2 is 2.11 bits per heavy atom. The molecular formula is C15H22BrNO. The minimum Gasteiger partial charge on any atom is -0.380 e. The van der Waals surface area contributed by atoms with E-state index < -0.39 is 0 Å². The fourth-order valence-electron chi connectivity index (χ4n) is 2.76. The summed E-state index contributed by atoms with van der Waals surface area (Å²) in [6.45, 7) is 2.23. The minimum absolute atomic E-state index is 0.364. The van der Waals surface area contributed by atoms with E-state index in [9.17, 15) is 0 Å². The molecule has 0 heterocycles. The lowest BCUT2D eigenvalue weighted by Crippen LogP contribution is -2.44. The first-order valence-electron chi connectivity index (χ1n) is 6.75. The Kier molecular flexibility index (Phi) is 5.22. The SMILES string of the molecule is COC1CCCCC1N[C@H](C)c1cccc(Br)c1. The van der Waals surface area contributed by atoms with Crippen LogP contribution in [0, 0.1) is 0 Å². The average Bonchev–Trinajstić information content (AvgIpc) is 2.39. The molecule has 0 bridgehead atoms. The van der Waals surface area contributed by atoms with Crippen molar-refractivity contribution in [2.45, 2.75) is 50.8 Å². The molecule has 2 rings (SSSR count). The molecular weight excluding hydrogens is 290 g/mol. The summed E-state index contributed by atoms with van der Waals surface area (Å²) in [7, 11) is 1.83. The van der Waals surface area contributed by atoms with Crippen LogP contribution in [-0.2, 0) is 4.74 Å². The Morgan fingerprint density at radius 1 is 1.33 bits per heavy atom. The number of ether oxygens (including phenoxy) is 1. The molecule has 1 aromatic rings. The summed E-state index contributed by atoms with van der Waals surface area (Å²) in [6, 6.07) is 9.36. The maximum absolute atomic E-state index is 5.59. The number of halogens is 1. The monoisotopic (exact) mass is 311 g/mol. The van der Waals surface area contributed by atoms with Crippen molar-refractivity contribution in [1.82, 2.24) is 5.32 Å². The zero-order valence-electron chi connectivity index (χ0n) is 11.2. The third-order valence-electron chi connectivity index (χ3n) is 3.82. The summed E-state index contributed by atoms with van der Waals surface area (Å²) >= 11 is 3.53. The fraction of sp³-hybridized carbons (Fsp3) is 0.600. The van der Waals surface area contributed by atoms with Gasteiger partial charge in [0.25, 0.3) is 0 Å². The van der Waals surface area contributed by atoms with Crippen LogP contribution in [0.5, 0.6) is 0 Å². The Balaban J connectivity index is 1.99. The summed E-state index contributed by atoms with van der Waals surface area (Å²) < 4.78 is 6.73. The highest BCUT2D eigenvalue weighted by Gasteiger charge is 2.26. The normalized spacial score (nSPS) is 25.9. The molecule has 0 aromatic heterocycles. The number of rotatable bonds is 4. The van der Waals surface area contributed by atoms with Crippen molar-refractivity contribution < 1.29 is 4.74 Å². The molecule has 2 nitrogen and oxygen atoms in total.